The second kappa shape index (κ2) is 18.6. The fourth-order valence-electron chi connectivity index (χ4n) is 7.24. The molecule has 7 rings (SSSR count). The van der Waals surface area contributed by atoms with Gasteiger partial charge in [-0.25, -0.2) is 19.9 Å². The standard InChI is InChI=1S/C23H28N4O2.C20H24N4O/c1-29-12-11-27(19-5-3-2-4-6-19)23-15-21(25-16-26-23)22(28)14-17-7-8-20-18(13-17)9-10-24-20;1-4-9-24(14(2)3)20-12-18(22-13-23-20)19(25)11-15-5-6-17-16(10-15)7-8-21-17/h7-10,13,15-16,19,24H,2-6,11-12,14H2,1H3;5-8,10,12-14,21H,4,9,11H2,1-3H3. The van der Waals surface area contributed by atoms with E-state index >= 15 is 0 Å². The van der Waals surface area contributed by atoms with E-state index in [-0.39, 0.29) is 11.6 Å². The van der Waals surface area contributed by atoms with Crippen molar-refractivity contribution in [1.29, 1.82) is 0 Å². The van der Waals surface area contributed by atoms with Crippen molar-refractivity contribution >= 4 is 45.0 Å². The van der Waals surface area contributed by atoms with E-state index in [9.17, 15) is 9.59 Å². The Labute approximate surface area is 317 Å². The fraction of sp³-hybridized carbons (Fsp3) is 0.395. The van der Waals surface area contributed by atoms with Crippen molar-refractivity contribution in [3.8, 4) is 0 Å². The lowest BCUT2D eigenvalue weighted by molar-refractivity contribution is 0.0980. The summed E-state index contributed by atoms with van der Waals surface area (Å²) < 4.78 is 5.32. The third kappa shape index (κ3) is 9.76. The molecular weight excluding hydrogens is 677 g/mol. The monoisotopic (exact) mass is 728 g/mol. The summed E-state index contributed by atoms with van der Waals surface area (Å²) in [5, 5.41) is 2.23. The number of hydrogen-bond donors (Lipinski definition) is 2. The average molecular weight is 729 g/mol. The minimum Gasteiger partial charge on any atom is -0.383 e. The van der Waals surface area contributed by atoms with Gasteiger partial charge in [-0.1, -0.05) is 38.3 Å². The molecule has 282 valence electrons. The van der Waals surface area contributed by atoms with Crippen LogP contribution in [0.5, 0.6) is 0 Å². The molecule has 0 aliphatic heterocycles. The summed E-state index contributed by atoms with van der Waals surface area (Å²) in [5.41, 5.74) is 5.08. The number of methoxy groups -OCH3 is 1. The second-order valence-electron chi connectivity index (χ2n) is 14.3. The molecule has 4 aromatic heterocycles. The van der Waals surface area contributed by atoms with Gasteiger partial charge in [0.2, 0.25) is 0 Å². The molecule has 0 radical (unpaired) electrons. The minimum atomic E-state index is 0.0127. The number of fused-ring (bicyclic) bond motifs is 2. The summed E-state index contributed by atoms with van der Waals surface area (Å²) in [6.45, 7) is 8.72. The molecular formula is C43H52N8O3. The lowest BCUT2D eigenvalue weighted by Crippen LogP contribution is -2.39. The number of anilines is 2. The molecule has 1 fully saturated rings. The first kappa shape index (κ1) is 38.3. The van der Waals surface area contributed by atoms with E-state index in [4.69, 9.17) is 4.74 Å². The van der Waals surface area contributed by atoms with Crippen molar-refractivity contribution in [1.82, 2.24) is 29.9 Å². The number of Topliss-reactive ketones (excluding diaryl/α,β-unsaturated/α-hetero) is 2. The van der Waals surface area contributed by atoms with Gasteiger partial charge in [-0.3, -0.25) is 9.59 Å². The highest BCUT2D eigenvalue weighted by molar-refractivity contribution is 5.97. The zero-order valence-corrected chi connectivity index (χ0v) is 31.9. The SMILES string of the molecule is CCCN(c1cc(C(=O)Cc2ccc3[nH]ccc3c2)ncn1)C(C)C.COCCN(c1cc(C(=O)Cc2ccc3[nH]ccc3c2)ncn1)C1CCCCC1. The maximum absolute atomic E-state index is 12.9. The zero-order valence-electron chi connectivity index (χ0n) is 31.9. The highest BCUT2D eigenvalue weighted by Gasteiger charge is 2.23. The number of benzene rings is 2. The van der Waals surface area contributed by atoms with E-state index in [1.165, 1.54) is 31.9 Å². The normalized spacial score (nSPS) is 13.2. The summed E-state index contributed by atoms with van der Waals surface area (Å²) in [4.78, 5) is 53.7. The Morgan fingerprint density at radius 1 is 0.741 bits per heavy atom. The Balaban J connectivity index is 0.000000186. The van der Waals surface area contributed by atoms with Crippen LogP contribution in [0.15, 0.2) is 85.7 Å². The molecule has 0 amide bonds. The second-order valence-corrected chi connectivity index (χ2v) is 14.3. The van der Waals surface area contributed by atoms with Crippen LogP contribution in [0.3, 0.4) is 0 Å². The number of aromatic nitrogens is 6. The summed E-state index contributed by atoms with van der Waals surface area (Å²) in [6.07, 6.45) is 14.6. The van der Waals surface area contributed by atoms with E-state index in [1.54, 1.807) is 7.11 Å². The number of ketones is 2. The van der Waals surface area contributed by atoms with Crippen molar-refractivity contribution in [2.24, 2.45) is 0 Å². The molecule has 0 atom stereocenters. The molecule has 54 heavy (non-hydrogen) atoms. The van der Waals surface area contributed by atoms with E-state index in [0.29, 0.717) is 42.9 Å². The van der Waals surface area contributed by atoms with Gasteiger partial charge >= 0.3 is 0 Å². The lowest BCUT2D eigenvalue weighted by atomic mass is 9.94. The number of hydrogen-bond acceptors (Lipinski definition) is 9. The number of nitrogens with one attached hydrogen (secondary N) is 2. The van der Waals surface area contributed by atoms with Crippen LogP contribution in [0.25, 0.3) is 21.8 Å². The molecule has 4 heterocycles. The van der Waals surface area contributed by atoms with E-state index < -0.39 is 0 Å². The van der Waals surface area contributed by atoms with Gasteiger partial charge < -0.3 is 24.5 Å². The molecule has 0 saturated heterocycles. The summed E-state index contributed by atoms with van der Waals surface area (Å²) in [5.74, 6) is 1.67. The Hall–Kier alpha value is -5.42. The Bertz CT molecular complexity index is 2130. The molecule has 11 nitrogen and oxygen atoms in total. The van der Waals surface area contributed by atoms with Crippen molar-refractivity contribution < 1.29 is 14.3 Å². The van der Waals surface area contributed by atoms with Crippen molar-refractivity contribution in [3.05, 3.63) is 108 Å². The molecule has 0 spiro atoms. The van der Waals surface area contributed by atoms with Gasteiger partial charge in [0.25, 0.3) is 0 Å². The molecule has 6 aromatic rings. The maximum atomic E-state index is 12.9. The van der Waals surface area contributed by atoms with Crippen LogP contribution in [0.1, 0.15) is 91.4 Å². The van der Waals surface area contributed by atoms with Crippen LogP contribution in [0, 0.1) is 0 Å². The highest BCUT2D eigenvalue weighted by atomic mass is 16.5. The fourth-order valence-corrected chi connectivity index (χ4v) is 7.24. The Morgan fingerprint density at radius 2 is 1.30 bits per heavy atom. The van der Waals surface area contributed by atoms with E-state index in [0.717, 1.165) is 76.9 Å². The molecule has 1 aliphatic rings. The van der Waals surface area contributed by atoms with Crippen molar-refractivity contribution in [2.45, 2.75) is 84.2 Å². The number of carbonyl (C=O) groups excluding carboxylic acids is 2. The molecule has 0 unspecified atom stereocenters. The summed E-state index contributed by atoms with van der Waals surface area (Å²) >= 11 is 0. The predicted octanol–water partition coefficient (Wildman–Crippen LogP) is 8.18. The van der Waals surface area contributed by atoms with Gasteiger partial charge in [0, 0.05) is 80.7 Å². The number of nitrogens with zero attached hydrogens (tertiary/aromatic N) is 6. The van der Waals surface area contributed by atoms with Gasteiger partial charge in [0.15, 0.2) is 11.6 Å². The van der Waals surface area contributed by atoms with E-state index in [1.807, 2.05) is 67.0 Å². The molecule has 2 N–H and O–H groups in total. The Morgan fingerprint density at radius 3 is 1.83 bits per heavy atom. The molecule has 0 bridgehead atoms. The lowest BCUT2D eigenvalue weighted by Gasteiger charge is -2.35. The van der Waals surface area contributed by atoms with Crippen LogP contribution >= 0.6 is 0 Å². The van der Waals surface area contributed by atoms with Gasteiger partial charge in [-0.15, -0.1) is 0 Å². The average Bonchev–Trinajstić information content (AvgIpc) is 3.87. The van der Waals surface area contributed by atoms with Gasteiger partial charge in [-0.05, 0) is 91.4 Å². The smallest absolute Gasteiger partial charge is 0.185 e. The first-order chi connectivity index (χ1) is 26.3. The topological polar surface area (TPSA) is 133 Å². The number of rotatable bonds is 15. The number of aromatic amines is 2. The first-order valence-electron chi connectivity index (χ1n) is 19.2. The quantitative estimate of drug-likeness (QED) is 0.101. The number of carbonyl (C=O) groups is 2. The number of ether oxygens (including phenoxy) is 1. The van der Waals surface area contributed by atoms with Crippen molar-refractivity contribution in [2.75, 3.05) is 36.6 Å². The van der Waals surface area contributed by atoms with Gasteiger partial charge in [-0.2, -0.15) is 0 Å². The first-order valence-corrected chi connectivity index (χ1v) is 19.2. The highest BCUT2D eigenvalue weighted by Crippen LogP contribution is 2.27. The maximum Gasteiger partial charge on any atom is 0.185 e. The zero-order chi connectivity index (χ0) is 37.9. The molecule has 2 aromatic carbocycles. The summed E-state index contributed by atoms with van der Waals surface area (Å²) in [7, 11) is 1.72. The van der Waals surface area contributed by atoms with Crippen LogP contribution < -0.4 is 9.80 Å². The minimum absolute atomic E-state index is 0.0127. The van der Waals surface area contributed by atoms with Crippen LogP contribution in [-0.4, -0.2) is 80.4 Å². The van der Waals surface area contributed by atoms with Crippen LogP contribution in [0.2, 0.25) is 0 Å². The van der Waals surface area contributed by atoms with Crippen LogP contribution in [0.4, 0.5) is 11.6 Å². The largest absolute Gasteiger partial charge is 0.383 e. The van der Waals surface area contributed by atoms with E-state index in [2.05, 4.69) is 66.5 Å². The van der Waals surface area contributed by atoms with Gasteiger partial charge in [0.05, 0.1) is 6.61 Å². The van der Waals surface area contributed by atoms with Crippen LogP contribution in [-0.2, 0) is 17.6 Å². The third-order valence-electron chi connectivity index (χ3n) is 10.1. The molecule has 1 aliphatic carbocycles. The van der Waals surface area contributed by atoms with Gasteiger partial charge in [0.1, 0.15) is 35.7 Å². The van der Waals surface area contributed by atoms with Crippen molar-refractivity contribution in [3.63, 3.8) is 0 Å². The number of H-pyrrole nitrogens is 2. The summed E-state index contributed by atoms with van der Waals surface area (Å²) in [6, 6.07) is 20.6. The molecule has 11 heteroatoms. The molecule has 1 saturated carbocycles. The third-order valence-corrected chi connectivity index (χ3v) is 10.1. The predicted molar refractivity (Wildman–Crippen MR) is 216 cm³/mol. The Kier molecular flexibility index (Phi) is 13.2.